The van der Waals surface area contributed by atoms with Gasteiger partial charge in [0.2, 0.25) is 0 Å². The zero-order valence-electron chi connectivity index (χ0n) is 13.0. The number of rotatable bonds is 3. The fraction of sp³-hybridized carbons (Fsp3) is 0.0556. The Labute approximate surface area is 153 Å². The van der Waals surface area contributed by atoms with Gasteiger partial charge in [0.1, 0.15) is 16.5 Å². The zero-order chi connectivity index (χ0) is 18.0. The Hall–Kier alpha value is -2.63. The molecule has 5 nitrogen and oxygen atoms in total. The van der Waals surface area contributed by atoms with E-state index >= 15 is 0 Å². The van der Waals surface area contributed by atoms with Crippen molar-refractivity contribution in [3.8, 4) is 5.75 Å². The first kappa shape index (κ1) is 17.2. The molecular formula is C18H11Cl2NO4. The van der Waals surface area contributed by atoms with Gasteiger partial charge in [0.25, 0.3) is 0 Å². The van der Waals surface area contributed by atoms with Crippen LogP contribution >= 0.6 is 23.2 Å². The molecule has 0 spiro atoms. The van der Waals surface area contributed by atoms with Crippen LogP contribution in [0.3, 0.4) is 0 Å². The summed E-state index contributed by atoms with van der Waals surface area (Å²) >= 11 is 11.6. The molecule has 126 valence electrons. The minimum atomic E-state index is -0.716. The Morgan fingerprint density at radius 1 is 1.00 bits per heavy atom. The van der Waals surface area contributed by atoms with E-state index in [1.165, 1.54) is 19.4 Å². The number of aromatic nitrogens is 1. The number of hydrogen-bond donors (Lipinski definition) is 0. The third kappa shape index (κ3) is 3.57. The fourth-order valence-corrected chi connectivity index (χ4v) is 2.53. The third-order valence-electron chi connectivity index (χ3n) is 3.49. The topological polar surface area (TPSA) is 65.5 Å². The highest BCUT2D eigenvalue weighted by Gasteiger charge is 2.19. The molecule has 0 aliphatic heterocycles. The molecule has 0 saturated heterocycles. The summed E-state index contributed by atoms with van der Waals surface area (Å²) in [5.41, 5.74) is 0.251. The van der Waals surface area contributed by atoms with Crippen LogP contribution in [0.2, 0.25) is 10.2 Å². The second-order valence-electron chi connectivity index (χ2n) is 5.07. The maximum atomic E-state index is 12.4. The fourth-order valence-electron chi connectivity index (χ4n) is 2.26. The molecule has 3 aromatic rings. The van der Waals surface area contributed by atoms with E-state index in [4.69, 9.17) is 32.7 Å². The number of carbonyl (C=O) groups excluding carboxylic acids is 2. The predicted octanol–water partition coefficient (Wildman–Crippen LogP) is 4.55. The summed E-state index contributed by atoms with van der Waals surface area (Å²) in [4.78, 5) is 28.2. The molecule has 0 saturated carbocycles. The average molecular weight is 376 g/mol. The van der Waals surface area contributed by atoms with Crippen molar-refractivity contribution in [3.05, 3.63) is 70.0 Å². The molecule has 1 aromatic heterocycles. The summed E-state index contributed by atoms with van der Waals surface area (Å²) in [5, 5.41) is 1.84. The van der Waals surface area contributed by atoms with Gasteiger partial charge < -0.3 is 9.47 Å². The molecule has 0 N–H and O–H groups in total. The molecule has 0 fully saturated rings. The average Bonchev–Trinajstić information content (AvgIpc) is 2.62. The van der Waals surface area contributed by atoms with Crippen molar-refractivity contribution in [2.45, 2.75) is 0 Å². The number of methoxy groups -OCH3 is 1. The number of nitrogens with zero attached hydrogens (tertiary/aromatic N) is 1. The van der Waals surface area contributed by atoms with Crippen LogP contribution < -0.4 is 4.74 Å². The first-order chi connectivity index (χ1) is 12.0. The lowest BCUT2D eigenvalue weighted by Crippen LogP contribution is -2.13. The number of carbonyl (C=O) groups is 2. The minimum absolute atomic E-state index is 0.0826. The minimum Gasteiger partial charge on any atom is -0.465 e. The number of pyridine rings is 1. The molecular weight excluding hydrogens is 365 g/mol. The molecule has 0 aliphatic carbocycles. The lowest BCUT2D eigenvalue weighted by atomic mass is 10.1. The van der Waals surface area contributed by atoms with Crippen molar-refractivity contribution in [2.75, 3.05) is 7.11 Å². The van der Waals surface area contributed by atoms with Gasteiger partial charge in [-0.25, -0.2) is 14.6 Å². The Morgan fingerprint density at radius 2 is 1.68 bits per heavy atom. The molecule has 25 heavy (non-hydrogen) atoms. The monoisotopic (exact) mass is 375 g/mol. The molecule has 1 heterocycles. The van der Waals surface area contributed by atoms with Gasteiger partial charge in [-0.15, -0.1) is 0 Å². The molecule has 2 aromatic carbocycles. The lowest BCUT2D eigenvalue weighted by molar-refractivity contribution is 0.0593. The van der Waals surface area contributed by atoms with Gasteiger partial charge in [-0.1, -0.05) is 47.5 Å². The molecule has 7 heteroatoms. The van der Waals surface area contributed by atoms with Crippen LogP contribution in [-0.4, -0.2) is 24.0 Å². The SMILES string of the molecule is COC(=O)c1cc2ccccc2cc1OC(=O)c1cnc(Cl)c(Cl)c1. The van der Waals surface area contributed by atoms with Crippen molar-refractivity contribution < 1.29 is 19.1 Å². The summed E-state index contributed by atoms with van der Waals surface area (Å²) in [6.07, 6.45) is 1.25. The van der Waals surface area contributed by atoms with Crippen molar-refractivity contribution in [2.24, 2.45) is 0 Å². The van der Waals surface area contributed by atoms with E-state index in [0.717, 1.165) is 10.8 Å². The number of halogens is 2. The van der Waals surface area contributed by atoms with Crippen molar-refractivity contribution in [1.29, 1.82) is 0 Å². The molecule has 0 bridgehead atoms. The highest BCUT2D eigenvalue weighted by molar-refractivity contribution is 6.41. The van der Waals surface area contributed by atoms with E-state index in [-0.39, 0.29) is 27.1 Å². The molecule has 0 radical (unpaired) electrons. The van der Waals surface area contributed by atoms with Gasteiger partial charge in [0, 0.05) is 6.20 Å². The maximum absolute atomic E-state index is 12.4. The molecule has 0 amide bonds. The Bertz CT molecular complexity index is 988. The largest absolute Gasteiger partial charge is 0.465 e. The molecule has 0 atom stereocenters. The van der Waals surface area contributed by atoms with Crippen LogP contribution in [0, 0.1) is 0 Å². The van der Waals surface area contributed by atoms with Crippen LogP contribution in [0.4, 0.5) is 0 Å². The number of benzene rings is 2. The molecule has 3 rings (SSSR count). The summed E-state index contributed by atoms with van der Waals surface area (Å²) in [6, 6.07) is 11.9. The van der Waals surface area contributed by atoms with E-state index in [9.17, 15) is 9.59 Å². The smallest absolute Gasteiger partial charge is 0.345 e. The standard InChI is InChI=1S/C18H11Cl2NO4/c1-24-18(23)13-6-10-4-2-3-5-11(10)8-15(13)25-17(22)12-7-14(19)16(20)21-9-12/h2-9H,1H3. The van der Waals surface area contributed by atoms with Crippen LogP contribution in [0.15, 0.2) is 48.7 Å². The summed E-state index contributed by atoms with van der Waals surface area (Å²) < 4.78 is 10.1. The van der Waals surface area contributed by atoms with Crippen molar-refractivity contribution >= 4 is 45.9 Å². The van der Waals surface area contributed by atoms with E-state index in [2.05, 4.69) is 4.98 Å². The second-order valence-corrected chi connectivity index (χ2v) is 5.84. The second kappa shape index (κ2) is 7.09. The highest BCUT2D eigenvalue weighted by atomic mass is 35.5. The summed E-state index contributed by atoms with van der Waals surface area (Å²) in [7, 11) is 1.26. The molecule has 0 unspecified atom stereocenters. The van der Waals surface area contributed by atoms with Crippen LogP contribution in [-0.2, 0) is 4.74 Å². The lowest BCUT2D eigenvalue weighted by Gasteiger charge is -2.11. The van der Waals surface area contributed by atoms with Crippen molar-refractivity contribution in [1.82, 2.24) is 4.98 Å². The van der Waals surface area contributed by atoms with Gasteiger partial charge in [0.15, 0.2) is 0 Å². The summed E-state index contributed by atoms with van der Waals surface area (Å²) in [5.74, 6) is -1.24. The van der Waals surface area contributed by atoms with E-state index in [1.807, 2.05) is 24.3 Å². The van der Waals surface area contributed by atoms with Crippen LogP contribution in [0.25, 0.3) is 10.8 Å². The zero-order valence-corrected chi connectivity index (χ0v) is 14.5. The molecule has 0 aliphatic rings. The third-order valence-corrected chi connectivity index (χ3v) is 4.17. The van der Waals surface area contributed by atoms with Gasteiger partial charge in [-0.2, -0.15) is 0 Å². The van der Waals surface area contributed by atoms with E-state index in [0.29, 0.717) is 0 Å². The Kier molecular flexibility index (Phi) is 4.88. The highest BCUT2D eigenvalue weighted by Crippen LogP contribution is 2.28. The van der Waals surface area contributed by atoms with Crippen LogP contribution in [0.1, 0.15) is 20.7 Å². The maximum Gasteiger partial charge on any atom is 0.345 e. The normalized spacial score (nSPS) is 10.5. The van der Waals surface area contributed by atoms with Gasteiger partial charge in [-0.3, -0.25) is 0 Å². The Balaban J connectivity index is 2.02. The van der Waals surface area contributed by atoms with Crippen LogP contribution in [0.5, 0.6) is 5.75 Å². The van der Waals surface area contributed by atoms with E-state index < -0.39 is 11.9 Å². The first-order valence-electron chi connectivity index (χ1n) is 7.14. The number of hydrogen-bond acceptors (Lipinski definition) is 5. The quantitative estimate of drug-likeness (QED) is 0.381. The van der Waals surface area contributed by atoms with Gasteiger partial charge >= 0.3 is 11.9 Å². The number of fused-ring (bicyclic) bond motifs is 1. The first-order valence-corrected chi connectivity index (χ1v) is 7.89. The van der Waals surface area contributed by atoms with E-state index in [1.54, 1.807) is 12.1 Å². The number of esters is 2. The number of ether oxygens (including phenoxy) is 2. The van der Waals surface area contributed by atoms with Gasteiger partial charge in [0.05, 0.1) is 17.7 Å². The van der Waals surface area contributed by atoms with Crippen molar-refractivity contribution in [3.63, 3.8) is 0 Å². The Morgan fingerprint density at radius 3 is 2.32 bits per heavy atom. The summed E-state index contributed by atoms with van der Waals surface area (Å²) in [6.45, 7) is 0. The predicted molar refractivity (Wildman–Crippen MR) is 94.5 cm³/mol. The van der Waals surface area contributed by atoms with Gasteiger partial charge in [-0.05, 0) is 29.0 Å².